The summed E-state index contributed by atoms with van der Waals surface area (Å²) in [6, 6.07) is 19.7. The van der Waals surface area contributed by atoms with Crippen molar-refractivity contribution in [2.45, 2.75) is 0 Å². The Bertz CT molecular complexity index is 977. The highest BCUT2D eigenvalue weighted by atomic mass is 16.1. The first-order valence-corrected chi connectivity index (χ1v) is 6.26. The number of para-hydroxylation sites is 1. The molecule has 1 aromatic heterocycles. The number of nitrogens with one attached hydrogen (secondary N) is 1. The van der Waals surface area contributed by atoms with Gasteiger partial charge in [-0.05, 0) is 35.0 Å². The van der Waals surface area contributed by atoms with Crippen LogP contribution in [0.1, 0.15) is 0 Å². The fraction of sp³-hybridized carbons (Fsp3) is 0. The van der Waals surface area contributed by atoms with Crippen molar-refractivity contribution in [2.75, 3.05) is 0 Å². The van der Waals surface area contributed by atoms with Crippen LogP contribution in [0.4, 0.5) is 0 Å². The molecule has 2 heteroatoms. The van der Waals surface area contributed by atoms with Crippen molar-refractivity contribution in [3.63, 3.8) is 0 Å². The molecule has 1 heterocycles. The van der Waals surface area contributed by atoms with E-state index in [0.717, 1.165) is 32.6 Å². The van der Waals surface area contributed by atoms with Gasteiger partial charge in [0, 0.05) is 16.3 Å². The molecule has 0 atom stereocenters. The zero-order valence-electron chi connectivity index (χ0n) is 10.2. The van der Waals surface area contributed by atoms with Gasteiger partial charge < -0.3 is 4.98 Å². The fourth-order valence-corrected chi connectivity index (χ4v) is 2.61. The molecule has 0 aliphatic carbocycles. The Morgan fingerprint density at radius 1 is 0.684 bits per heavy atom. The Labute approximate surface area is 109 Å². The molecule has 1 N–H and O–H groups in total. The summed E-state index contributed by atoms with van der Waals surface area (Å²) in [5.74, 6) is 0. The smallest absolute Gasteiger partial charge is 0.197 e. The second-order valence-corrected chi connectivity index (χ2v) is 4.74. The van der Waals surface area contributed by atoms with Crippen molar-refractivity contribution in [3.05, 3.63) is 70.9 Å². The molecule has 0 radical (unpaired) electrons. The topological polar surface area (TPSA) is 32.9 Å². The molecule has 0 aliphatic heterocycles. The number of aromatic amines is 1. The monoisotopic (exact) mass is 245 g/mol. The highest BCUT2D eigenvalue weighted by Gasteiger charge is 2.05. The summed E-state index contributed by atoms with van der Waals surface area (Å²) in [4.78, 5) is 15.9. The van der Waals surface area contributed by atoms with Gasteiger partial charge in [0.25, 0.3) is 0 Å². The summed E-state index contributed by atoms with van der Waals surface area (Å²) in [5.41, 5.74) is 1.87. The third-order valence-corrected chi connectivity index (χ3v) is 3.57. The van der Waals surface area contributed by atoms with Crippen LogP contribution in [0.2, 0.25) is 0 Å². The number of fused-ring (bicyclic) bond motifs is 3. The summed E-state index contributed by atoms with van der Waals surface area (Å²) >= 11 is 0. The van der Waals surface area contributed by atoms with Gasteiger partial charge in [-0.2, -0.15) is 0 Å². The van der Waals surface area contributed by atoms with E-state index in [1.807, 2.05) is 54.6 Å². The number of rotatable bonds is 0. The van der Waals surface area contributed by atoms with Crippen LogP contribution in [0.15, 0.2) is 65.5 Å². The normalized spacial score (nSPS) is 11.4. The number of H-pyrrole nitrogens is 1. The number of pyridine rings is 1. The van der Waals surface area contributed by atoms with Crippen molar-refractivity contribution in [1.82, 2.24) is 4.98 Å². The van der Waals surface area contributed by atoms with Crippen molar-refractivity contribution in [3.8, 4) is 0 Å². The molecule has 0 fully saturated rings. The molecule has 4 aromatic rings. The minimum Gasteiger partial charge on any atom is -0.354 e. The lowest BCUT2D eigenvalue weighted by atomic mass is 10.0. The zero-order chi connectivity index (χ0) is 12.8. The molecule has 0 unspecified atom stereocenters. The first-order chi connectivity index (χ1) is 9.33. The van der Waals surface area contributed by atoms with Crippen molar-refractivity contribution in [1.29, 1.82) is 0 Å². The number of hydrogen-bond donors (Lipinski definition) is 1. The van der Waals surface area contributed by atoms with E-state index < -0.39 is 0 Å². The van der Waals surface area contributed by atoms with Crippen LogP contribution in [0.25, 0.3) is 32.6 Å². The average Bonchev–Trinajstić information content (AvgIpc) is 2.46. The number of hydrogen-bond acceptors (Lipinski definition) is 1. The Morgan fingerprint density at radius 2 is 1.37 bits per heavy atom. The van der Waals surface area contributed by atoms with Gasteiger partial charge in [-0.3, -0.25) is 4.79 Å². The lowest BCUT2D eigenvalue weighted by Crippen LogP contribution is -2.03. The summed E-state index contributed by atoms with van der Waals surface area (Å²) in [6.07, 6.45) is 0. The van der Waals surface area contributed by atoms with E-state index >= 15 is 0 Å². The molecule has 0 amide bonds. The Morgan fingerprint density at radius 3 is 2.21 bits per heavy atom. The number of aromatic nitrogens is 1. The molecule has 0 spiro atoms. The third-order valence-electron chi connectivity index (χ3n) is 3.57. The molecule has 19 heavy (non-hydrogen) atoms. The van der Waals surface area contributed by atoms with Gasteiger partial charge in [0.15, 0.2) is 5.43 Å². The van der Waals surface area contributed by atoms with Crippen LogP contribution < -0.4 is 5.43 Å². The second-order valence-electron chi connectivity index (χ2n) is 4.74. The van der Waals surface area contributed by atoms with Crippen LogP contribution in [0.3, 0.4) is 0 Å². The Balaban J connectivity index is 2.29. The van der Waals surface area contributed by atoms with Gasteiger partial charge in [0.1, 0.15) is 0 Å². The standard InChI is InChI=1S/C17H11NO/c19-17-13-7-3-4-8-15(13)18-16-10-12-6-2-1-5-11(12)9-14(16)17/h1-10H,(H,18,19). The number of benzene rings is 3. The predicted molar refractivity (Wildman–Crippen MR) is 79.6 cm³/mol. The van der Waals surface area contributed by atoms with Gasteiger partial charge in [0.05, 0.1) is 5.52 Å². The highest BCUT2D eigenvalue weighted by Crippen LogP contribution is 2.21. The maximum absolute atomic E-state index is 12.5. The van der Waals surface area contributed by atoms with Crippen molar-refractivity contribution in [2.24, 2.45) is 0 Å². The lowest BCUT2D eigenvalue weighted by molar-refractivity contribution is 1.49. The summed E-state index contributed by atoms with van der Waals surface area (Å²) in [7, 11) is 0. The molecule has 2 nitrogen and oxygen atoms in total. The van der Waals surface area contributed by atoms with E-state index in [9.17, 15) is 4.79 Å². The van der Waals surface area contributed by atoms with Crippen molar-refractivity contribution >= 4 is 32.6 Å². The van der Waals surface area contributed by atoms with E-state index in [1.165, 1.54) is 0 Å². The average molecular weight is 245 g/mol. The van der Waals surface area contributed by atoms with Crippen LogP contribution in [-0.2, 0) is 0 Å². The Kier molecular flexibility index (Phi) is 2.00. The van der Waals surface area contributed by atoms with Crippen LogP contribution in [-0.4, -0.2) is 4.98 Å². The molecule has 3 aromatic carbocycles. The molecule has 0 aliphatic rings. The van der Waals surface area contributed by atoms with Gasteiger partial charge in [0.2, 0.25) is 0 Å². The summed E-state index contributed by atoms with van der Waals surface area (Å²) in [5, 5.41) is 3.72. The molecule has 4 rings (SSSR count). The first kappa shape index (κ1) is 10.3. The maximum atomic E-state index is 12.5. The van der Waals surface area contributed by atoms with E-state index in [-0.39, 0.29) is 5.43 Å². The minimum absolute atomic E-state index is 0.0927. The van der Waals surface area contributed by atoms with Gasteiger partial charge in [-0.15, -0.1) is 0 Å². The molecule has 0 saturated carbocycles. The largest absolute Gasteiger partial charge is 0.354 e. The predicted octanol–water partition coefficient (Wildman–Crippen LogP) is 3.83. The Hall–Kier alpha value is -2.61. The minimum atomic E-state index is 0.0927. The van der Waals surface area contributed by atoms with Crippen LogP contribution in [0, 0.1) is 0 Å². The fourth-order valence-electron chi connectivity index (χ4n) is 2.61. The zero-order valence-corrected chi connectivity index (χ0v) is 10.2. The highest BCUT2D eigenvalue weighted by molar-refractivity contribution is 6.00. The van der Waals surface area contributed by atoms with Crippen LogP contribution >= 0.6 is 0 Å². The molecule has 90 valence electrons. The van der Waals surface area contributed by atoms with Gasteiger partial charge in [-0.25, -0.2) is 0 Å². The second kappa shape index (κ2) is 3.69. The lowest BCUT2D eigenvalue weighted by Gasteiger charge is -2.04. The van der Waals surface area contributed by atoms with E-state index in [0.29, 0.717) is 0 Å². The van der Waals surface area contributed by atoms with E-state index in [2.05, 4.69) is 11.1 Å². The molecule has 0 bridgehead atoms. The van der Waals surface area contributed by atoms with Gasteiger partial charge >= 0.3 is 0 Å². The molecular formula is C17H11NO. The SMILES string of the molecule is O=c1c2ccccc2[nH]c2cc3ccccc3cc12. The quantitative estimate of drug-likeness (QED) is 0.469. The summed E-state index contributed by atoms with van der Waals surface area (Å²) < 4.78 is 0. The molecular weight excluding hydrogens is 234 g/mol. The third kappa shape index (κ3) is 1.47. The van der Waals surface area contributed by atoms with E-state index in [4.69, 9.17) is 0 Å². The summed E-state index contributed by atoms with van der Waals surface area (Å²) in [6.45, 7) is 0. The maximum Gasteiger partial charge on any atom is 0.197 e. The molecule has 0 saturated heterocycles. The first-order valence-electron chi connectivity index (χ1n) is 6.26. The van der Waals surface area contributed by atoms with E-state index in [1.54, 1.807) is 0 Å². The van der Waals surface area contributed by atoms with Crippen LogP contribution in [0.5, 0.6) is 0 Å². The van der Waals surface area contributed by atoms with Gasteiger partial charge in [-0.1, -0.05) is 36.4 Å². The van der Waals surface area contributed by atoms with Crippen molar-refractivity contribution < 1.29 is 0 Å².